The van der Waals surface area contributed by atoms with Crippen molar-refractivity contribution < 1.29 is 4.79 Å². The average Bonchev–Trinajstić information content (AvgIpc) is 3.27. The van der Waals surface area contributed by atoms with E-state index in [2.05, 4.69) is 70.9 Å². The largest absolute Gasteiger partial charge is 0.348 e. The number of nitrogens with zero attached hydrogens (tertiary/aromatic N) is 1. The molecule has 4 heteroatoms. The number of hydrogen-bond acceptors (Lipinski definition) is 3. The summed E-state index contributed by atoms with van der Waals surface area (Å²) < 4.78 is 0. The quantitative estimate of drug-likeness (QED) is 0.483. The molecular weight excluding hydrogens is 400 g/mol. The molecular formula is C27H30N2OS. The van der Waals surface area contributed by atoms with Gasteiger partial charge in [0.05, 0.1) is 5.56 Å². The van der Waals surface area contributed by atoms with Gasteiger partial charge < -0.3 is 10.2 Å². The van der Waals surface area contributed by atoms with Crippen molar-refractivity contribution >= 4 is 17.7 Å². The van der Waals surface area contributed by atoms with Crippen LogP contribution in [0.1, 0.15) is 40.2 Å². The van der Waals surface area contributed by atoms with Crippen LogP contribution in [0.15, 0.2) is 89.8 Å². The zero-order chi connectivity index (χ0) is 21.5. The second-order valence-corrected chi connectivity index (χ2v) is 8.97. The number of amides is 1. The number of rotatable bonds is 8. The van der Waals surface area contributed by atoms with Gasteiger partial charge in [-0.25, -0.2) is 0 Å². The fraction of sp³-hybridized carbons (Fsp3) is 0.296. The summed E-state index contributed by atoms with van der Waals surface area (Å²) in [6, 6.07) is 29.6. The van der Waals surface area contributed by atoms with E-state index in [1.165, 1.54) is 11.1 Å². The first-order chi connectivity index (χ1) is 15.2. The molecule has 0 bridgehead atoms. The summed E-state index contributed by atoms with van der Waals surface area (Å²) in [5.41, 5.74) is 3.51. The first-order valence-corrected chi connectivity index (χ1v) is 12.2. The van der Waals surface area contributed by atoms with Crippen molar-refractivity contribution in [3.05, 3.63) is 102 Å². The summed E-state index contributed by atoms with van der Waals surface area (Å²) in [6.45, 7) is 2.98. The second kappa shape index (κ2) is 10.7. The fourth-order valence-electron chi connectivity index (χ4n) is 4.46. The molecule has 3 aromatic carbocycles. The predicted molar refractivity (Wildman–Crippen MR) is 130 cm³/mol. The van der Waals surface area contributed by atoms with Gasteiger partial charge in [-0.2, -0.15) is 0 Å². The number of carbonyl (C=O) groups is 1. The van der Waals surface area contributed by atoms with Crippen molar-refractivity contribution in [2.24, 2.45) is 0 Å². The minimum Gasteiger partial charge on any atom is -0.348 e. The van der Waals surface area contributed by atoms with Crippen LogP contribution in [0, 0.1) is 0 Å². The number of thioether (sulfide) groups is 1. The van der Waals surface area contributed by atoms with Crippen LogP contribution in [0.4, 0.5) is 0 Å². The van der Waals surface area contributed by atoms with Gasteiger partial charge in [0.2, 0.25) is 0 Å². The Bertz CT molecular complexity index is 937. The summed E-state index contributed by atoms with van der Waals surface area (Å²) in [5, 5.41) is 3.26. The lowest BCUT2D eigenvalue weighted by Crippen LogP contribution is -2.37. The fourth-order valence-corrected chi connectivity index (χ4v) is 5.05. The highest BCUT2D eigenvalue weighted by Crippen LogP contribution is 2.28. The van der Waals surface area contributed by atoms with Crippen molar-refractivity contribution in [2.75, 3.05) is 25.9 Å². The SMILES string of the molecule is CSc1ccccc1C(=O)NC1CCN(CCC(c2ccccc2)c2ccccc2)C1. The second-order valence-electron chi connectivity index (χ2n) is 8.12. The van der Waals surface area contributed by atoms with Gasteiger partial charge in [0, 0.05) is 29.9 Å². The molecule has 1 N–H and O–H groups in total. The average molecular weight is 431 g/mol. The molecule has 160 valence electrons. The normalized spacial score (nSPS) is 16.5. The van der Waals surface area contributed by atoms with Crippen LogP contribution in [0.2, 0.25) is 0 Å². The molecule has 0 saturated carbocycles. The molecule has 1 unspecified atom stereocenters. The van der Waals surface area contributed by atoms with E-state index in [-0.39, 0.29) is 11.9 Å². The molecule has 0 aliphatic carbocycles. The number of nitrogens with one attached hydrogen (secondary N) is 1. The Labute approximate surface area is 189 Å². The highest BCUT2D eigenvalue weighted by Gasteiger charge is 2.26. The van der Waals surface area contributed by atoms with Gasteiger partial charge in [-0.15, -0.1) is 11.8 Å². The van der Waals surface area contributed by atoms with Crippen LogP contribution in [0.25, 0.3) is 0 Å². The van der Waals surface area contributed by atoms with Gasteiger partial charge in [0.15, 0.2) is 0 Å². The summed E-state index contributed by atoms with van der Waals surface area (Å²) in [4.78, 5) is 16.3. The molecule has 3 nitrogen and oxygen atoms in total. The lowest BCUT2D eigenvalue weighted by Gasteiger charge is -2.22. The van der Waals surface area contributed by atoms with Crippen molar-refractivity contribution in [3.8, 4) is 0 Å². The maximum atomic E-state index is 12.8. The molecule has 4 rings (SSSR count). The van der Waals surface area contributed by atoms with Gasteiger partial charge in [-0.3, -0.25) is 4.79 Å². The van der Waals surface area contributed by atoms with Gasteiger partial charge in [0.25, 0.3) is 5.91 Å². The van der Waals surface area contributed by atoms with Crippen LogP contribution >= 0.6 is 11.8 Å². The molecule has 1 saturated heterocycles. The number of hydrogen-bond donors (Lipinski definition) is 1. The zero-order valence-electron chi connectivity index (χ0n) is 18.0. The summed E-state index contributed by atoms with van der Waals surface area (Å²) in [5.74, 6) is 0.438. The van der Waals surface area contributed by atoms with E-state index in [1.807, 2.05) is 30.5 Å². The molecule has 31 heavy (non-hydrogen) atoms. The maximum Gasteiger partial charge on any atom is 0.252 e. The summed E-state index contributed by atoms with van der Waals surface area (Å²) in [7, 11) is 0. The maximum absolute atomic E-state index is 12.8. The third-order valence-corrected chi connectivity index (χ3v) is 6.89. The monoisotopic (exact) mass is 430 g/mol. The third kappa shape index (κ3) is 5.57. The van der Waals surface area contributed by atoms with E-state index in [0.29, 0.717) is 5.92 Å². The van der Waals surface area contributed by atoms with E-state index in [9.17, 15) is 4.79 Å². The minimum atomic E-state index is 0.0447. The lowest BCUT2D eigenvalue weighted by molar-refractivity contribution is 0.0935. The molecule has 0 aromatic heterocycles. The third-order valence-electron chi connectivity index (χ3n) is 6.10. The first-order valence-electron chi connectivity index (χ1n) is 11.0. The number of carbonyl (C=O) groups excluding carboxylic acids is 1. The van der Waals surface area contributed by atoms with E-state index in [1.54, 1.807) is 11.8 Å². The molecule has 0 spiro atoms. The standard InChI is InChI=1S/C27H30N2OS/c1-31-26-15-9-8-14-25(26)27(30)28-23-16-18-29(20-23)19-17-24(21-10-4-2-5-11-21)22-12-6-3-7-13-22/h2-15,23-24H,16-20H2,1H3,(H,28,30). The smallest absolute Gasteiger partial charge is 0.252 e. The van der Waals surface area contributed by atoms with E-state index < -0.39 is 0 Å². The summed E-state index contributed by atoms with van der Waals surface area (Å²) in [6.07, 6.45) is 4.10. The Hall–Kier alpha value is -2.56. The van der Waals surface area contributed by atoms with Crippen molar-refractivity contribution in [1.29, 1.82) is 0 Å². The van der Waals surface area contributed by atoms with Crippen molar-refractivity contribution in [3.63, 3.8) is 0 Å². The minimum absolute atomic E-state index is 0.0447. The van der Waals surface area contributed by atoms with Crippen molar-refractivity contribution in [1.82, 2.24) is 10.2 Å². The summed E-state index contributed by atoms with van der Waals surface area (Å²) >= 11 is 1.62. The molecule has 1 heterocycles. The highest BCUT2D eigenvalue weighted by molar-refractivity contribution is 7.98. The van der Waals surface area contributed by atoms with Gasteiger partial charge >= 0.3 is 0 Å². The van der Waals surface area contributed by atoms with Crippen LogP contribution in [0.3, 0.4) is 0 Å². The van der Waals surface area contributed by atoms with E-state index in [0.717, 1.165) is 42.9 Å². The molecule has 1 atom stereocenters. The molecule has 3 aromatic rings. The van der Waals surface area contributed by atoms with Crippen LogP contribution in [-0.4, -0.2) is 42.7 Å². The Morgan fingerprint density at radius 2 is 1.58 bits per heavy atom. The Morgan fingerprint density at radius 1 is 0.968 bits per heavy atom. The van der Waals surface area contributed by atoms with E-state index in [4.69, 9.17) is 0 Å². The Balaban J connectivity index is 1.35. The van der Waals surface area contributed by atoms with Crippen LogP contribution in [-0.2, 0) is 0 Å². The first kappa shape index (κ1) is 21.7. The van der Waals surface area contributed by atoms with Crippen LogP contribution < -0.4 is 5.32 Å². The van der Waals surface area contributed by atoms with Crippen molar-refractivity contribution in [2.45, 2.75) is 29.7 Å². The number of benzene rings is 3. The molecule has 1 aliphatic heterocycles. The number of likely N-dealkylation sites (tertiary alicyclic amines) is 1. The molecule has 0 radical (unpaired) electrons. The molecule has 1 amide bonds. The Kier molecular flexibility index (Phi) is 7.44. The van der Waals surface area contributed by atoms with Gasteiger partial charge in [-0.1, -0.05) is 72.8 Å². The van der Waals surface area contributed by atoms with Crippen LogP contribution in [0.5, 0.6) is 0 Å². The van der Waals surface area contributed by atoms with Gasteiger partial charge in [0.1, 0.15) is 0 Å². The predicted octanol–water partition coefficient (Wildman–Crippen LogP) is 5.43. The van der Waals surface area contributed by atoms with Gasteiger partial charge in [-0.05, 0) is 48.9 Å². The molecule has 1 fully saturated rings. The highest BCUT2D eigenvalue weighted by atomic mass is 32.2. The zero-order valence-corrected chi connectivity index (χ0v) is 18.9. The lowest BCUT2D eigenvalue weighted by atomic mass is 9.88. The van der Waals surface area contributed by atoms with E-state index >= 15 is 0 Å². The topological polar surface area (TPSA) is 32.3 Å². The molecule has 1 aliphatic rings. The Morgan fingerprint density at radius 3 is 2.23 bits per heavy atom.